The van der Waals surface area contributed by atoms with Crippen LogP contribution in [0.25, 0.3) is 0 Å². The summed E-state index contributed by atoms with van der Waals surface area (Å²) in [5, 5.41) is 5.42. The van der Waals surface area contributed by atoms with Gasteiger partial charge >= 0.3 is 6.03 Å². The van der Waals surface area contributed by atoms with Gasteiger partial charge in [0.1, 0.15) is 0 Å². The molecule has 0 atom stereocenters. The summed E-state index contributed by atoms with van der Waals surface area (Å²) in [4.78, 5) is 16.2. The summed E-state index contributed by atoms with van der Waals surface area (Å²) >= 11 is 0. The van der Waals surface area contributed by atoms with Crippen LogP contribution in [0.5, 0.6) is 0 Å². The Morgan fingerprint density at radius 3 is 2.27 bits per heavy atom. The Hall–Kier alpha value is -3.19. The zero-order valence-electron chi connectivity index (χ0n) is 16.8. The third-order valence-corrected chi connectivity index (χ3v) is 6.27. The molecule has 0 radical (unpaired) electrons. The van der Waals surface area contributed by atoms with Crippen LogP contribution in [0, 0.1) is 0 Å². The Morgan fingerprint density at radius 1 is 0.933 bits per heavy atom. The van der Waals surface area contributed by atoms with E-state index in [-0.39, 0.29) is 16.7 Å². The van der Waals surface area contributed by atoms with Crippen LogP contribution in [0.2, 0.25) is 0 Å². The van der Waals surface area contributed by atoms with Gasteiger partial charge in [0.15, 0.2) is 9.84 Å². The van der Waals surface area contributed by atoms with Crippen molar-refractivity contribution < 1.29 is 13.2 Å². The van der Waals surface area contributed by atoms with Gasteiger partial charge in [-0.3, -0.25) is 4.98 Å². The number of rotatable bonds is 8. The van der Waals surface area contributed by atoms with E-state index in [4.69, 9.17) is 0 Å². The predicted molar refractivity (Wildman–Crippen MR) is 118 cm³/mol. The first-order valence-electron chi connectivity index (χ1n) is 9.80. The van der Waals surface area contributed by atoms with E-state index in [1.54, 1.807) is 30.6 Å². The Balaban J connectivity index is 1.57. The van der Waals surface area contributed by atoms with Gasteiger partial charge in [0.25, 0.3) is 0 Å². The number of benzene rings is 2. The lowest BCUT2D eigenvalue weighted by molar-refractivity contribution is 0.251. The lowest BCUT2D eigenvalue weighted by Gasteiger charge is -2.09. The SMILES string of the molecule is CCCc1ccc(CS(=O)(=O)c2ccc(NC(=O)NCc3cccnc3)cc2)cc1. The minimum absolute atomic E-state index is 0.0578. The van der Waals surface area contributed by atoms with Crippen molar-refractivity contribution in [3.05, 3.63) is 89.7 Å². The number of sulfone groups is 1. The van der Waals surface area contributed by atoms with Crippen LogP contribution in [0.1, 0.15) is 30.0 Å². The van der Waals surface area contributed by atoms with Crippen LogP contribution in [0.4, 0.5) is 10.5 Å². The number of hydrogen-bond donors (Lipinski definition) is 2. The fraction of sp³-hybridized carbons (Fsp3) is 0.217. The number of amides is 2. The number of aryl methyl sites for hydroxylation is 1. The molecule has 30 heavy (non-hydrogen) atoms. The Kier molecular flexibility index (Phi) is 7.19. The molecule has 0 saturated heterocycles. The van der Waals surface area contributed by atoms with Crippen molar-refractivity contribution in [3.8, 4) is 0 Å². The number of hydrogen-bond acceptors (Lipinski definition) is 4. The van der Waals surface area contributed by atoms with Crippen LogP contribution in [-0.4, -0.2) is 19.4 Å². The highest BCUT2D eigenvalue weighted by Gasteiger charge is 2.15. The Bertz CT molecular complexity index is 1060. The van der Waals surface area contributed by atoms with Gasteiger partial charge in [-0.2, -0.15) is 0 Å². The van der Waals surface area contributed by atoms with Gasteiger partial charge in [-0.1, -0.05) is 43.7 Å². The number of nitrogens with zero attached hydrogens (tertiary/aromatic N) is 1. The second kappa shape index (κ2) is 10.0. The van der Waals surface area contributed by atoms with Gasteiger partial charge in [-0.15, -0.1) is 0 Å². The molecule has 3 rings (SSSR count). The summed E-state index contributed by atoms with van der Waals surface area (Å²) in [6.07, 6.45) is 5.38. The highest BCUT2D eigenvalue weighted by atomic mass is 32.2. The van der Waals surface area contributed by atoms with E-state index in [1.165, 1.54) is 17.7 Å². The molecule has 7 heteroatoms. The molecule has 2 aromatic carbocycles. The van der Waals surface area contributed by atoms with Gasteiger partial charge < -0.3 is 10.6 Å². The van der Waals surface area contributed by atoms with Crippen molar-refractivity contribution in [1.29, 1.82) is 0 Å². The topological polar surface area (TPSA) is 88.2 Å². The maximum Gasteiger partial charge on any atom is 0.319 e. The monoisotopic (exact) mass is 423 g/mol. The largest absolute Gasteiger partial charge is 0.334 e. The summed E-state index contributed by atoms with van der Waals surface area (Å²) in [5.41, 5.74) is 3.36. The van der Waals surface area contributed by atoms with E-state index in [0.717, 1.165) is 24.0 Å². The lowest BCUT2D eigenvalue weighted by atomic mass is 10.1. The molecule has 0 spiro atoms. The van der Waals surface area contributed by atoms with E-state index >= 15 is 0 Å². The molecule has 0 unspecified atom stereocenters. The van der Waals surface area contributed by atoms with E-state index in [1.807, 2.05) is 30.3 Å². The fourth-order valence-corrected chi connectivity index (χ4v) is 4.35. The van der Waals surface area contributed by atoms with Crippen molar-refractivity contribution >= 4 is 21.6 Å². The first-order chi connectivity index (χ1) is 14.5. The third-order valence-electron chi connectivity index (χ3n) is 4.57. The second-order valence-corrected chi connectivity index (χ2v) is 9.01. The molecule has 0 aliphatic rings. The number of carbonyl (C=O) groups is 1. The highest BCUT2D eigenvalue weighted by Crippen LogP contribution is 2.19. The predicted octanol–water partition coefficient (Wildman–Crippen LogP) is 4.33. The summed E-state index contributed by atoms with van der Waals surface area (Å²) in [6, 6.07) is 17.2. The molecule has 0 saturated carbocycles. The first kappa shape index (κ1) is 21.5. The van der Waals surface area contributed by atoms with Crippen LogP contribution in [0.3, 0.4) is 0 Å². The number of aromatic nitrogens is 1. The zero-order valence-corrected chi connectivity index (χ0v) is 17.7. The van der Waals surface area contributed by atoms with Crippen molar-refractivity contribution in [2.45, 2.75) is 37.0 Å². The molecule has 156 valence electrons. The first-order valence-corrected chi connectivity index (χ1v) is 11.5. The maximum absolute atomic E-state index is 12.7. The number of anilines is 1. The number of carbonyl (C=O) groups excluding carboxylic acids is 1. The molecule has 1 aromatic heterocycles. The minimum atomic E-state index is -3.47. The third kappa shape index (κ3) is 6.15. The van der Waals surface area contributed by atoms with E-state index < -0.39 is 9.84 Å². The van der Waals surface area contributed by atoms with Gasteiger partial charge in [0.05, 0.1) is 10.6 Å². The minimum Gasteiger partial charge on any atom is -0.334 e. The second-order valence-electron chi connectivity index (χ2n) is 7.02. The molecule has 6 nitrogen and oxygen atoms in total. The highest BCUT2D eigenvalue weighted by molar-refractivity contribution is 7.90. The molecule has 0 aliphatic carbocycles. The average molecular weight is 424 g/mol. The quantitative estimate of drug-likeness (QED) is 0.564. The van der Waals surface area contributed by atoms with E-state index in [2.05, 4.69) is 22.5 Å². The number of urea groups is 1. The zero-order chi connectivity index (χ0) is 21.4. The Labute approximate surface area is 177 Å². The standard InChI is InChI=1S/C23H25N3O3S/c1-2-4-18-6-8-19(9-7-18)17-30(28,29)22-12-10-21(11-13-22)26-23(27)25-16-20-5-3-14-24-15-20/h3,5-15H,2,4,16-17H2,1H3,(H2,25,26,27). The van der Waals surface area contributed by atoms with Gasteiger partial charge in [-0.05, 0) is 53.4 Å². The van der Waals surface area contributed by atoms with Gasteiger partial charge in [0.2, 0.25) is 0 Å². The molecule has 0 fully saturated rings. The molecule has 3 aromatic rings. The summed E-state index contributed by atoms with van der Waals surface area (Å²) in [5.74, 6) is -0.0578. The smallest absolute Gasteiger partial charge is 0.319 e. The summed E-state index contributed by atoms with van der Waals surface area (Å²) < 4.78 is 25.4. The normalized spacial score (nSPS) is 11.1. The van der Waals surface area contributed by atoms with E-state index in [9.17, 15) is 13.2 Å². The molecular weight excluding hydrogens is 398 g/mol. The van der Waals surface area contributed by atoms with Crippen molar-refractivity contribution in [1.82, 2.24) is 10.3 Å². The van der Waals surface area contributed by atoms with Crippen molar-refractivity contribution in [3.63, 3.8) is 0 Å². The molecule has 2 N–H and O–H groups in total. The molecular formula is C23H25N3O3S. The maximum atomic E-state index is 12.7. The van der Waals surface area contributed by atoms with Crippen LogP contribution >= 0.6 is 0 Å². The van der Waals surface area contributed by atoms with Gasteiger partial charge in [0, 0.05) is 24.6 Å². The lowest BCUT2D eigenvalue weighted by Crippen LogP contribution is -2.28. The van der Waals surface area contributed by atoms with Crippen LogP contribution in [-0.2, 0) is 28.6 Å². The molecule has 1 heterocycles. The molecule has 0 aliphatic heterocycles. The average Bonchev–Trinajstić information content (AvgIpc) is 2.75. The van der Waals surface area contributed by atoms with Crippen LogP contribution in [0.15, 0.2) is 78.0 Å². The van der Waals surface area contributed by atoms with Crippen molar-refractivity contribution in [2.24, 2.45) is 0 Å². The molecule has 2 amide bonds. The summed E-state index contributed by atoms with van der Waals surface area (Å²) in [7, 11) is -3.47. The van der Waals surface area contributed by atoms with Crippen LogP contribution < -0.4 is 10.6 Å². The fourth-order valence-electron chi connectivity index (χ4n) is 3.00. The molecule has 0 bridgehead atoms. The Morgan fingerprint density at radius 2 is 1.63 bits per heavy atom. The number of pyridine rings is 1. The van der Waals surface area contributed by atoms with E-state index in [0.29, 0.717) is 12.2 Å². The van der Waals surface area contributed by atoms with Gasteiger partial charge in [-0.25, -0.2) is 13.2 Å². The number of nitrogens with one attached hydrogen (secondary N) is 2. The van der Waals surface area contributed by atoms with Crippen molar-refractivity contribution in [2.75, 3.05) is 5.32 Å². The summed E-state index contributed by atoms with van der Waals surface area (Å²) in [6.45, 7) is 2.46.